The summed E-state index contributed by atoms with van der Waals surface area (Å²) in [6.45, 7) is 2.05. The lowest BCUT2D eigenvalue weighted by Crippen LogP contribution is -2.15. The van der Waals surface area contributed by atoms with E-state index in [0.717, 1.165) is 11.3 Å². The molecule has 1 amide bonds. The van der Waals surface area contributed by atoms with Gasteiger partial charge >= 0.3 is 0 Å². The number of aryl methyl sites for hydroxylation is 1. The van der Waals surface area contributed by atoms with Crippen molar-refractivity contribution in [2.24, 2.45) is 0 Å². The minimum absolute atomic E-state index is 0.161. The van der Waals surface area contributed by atoms with Crippen LogP contribution in [-0.4, -0.2) is 38.6 Å². The minimum atomic E-state index is -0.161. The smallest absolute Gasteiger partial charge is 0.234 e. The summed E-state index contributed by atoms with van der Waals surface area (Å²) in [5.41, 5.74) is 4.28. The molecule has 0 radical (unpaired) electrons. The molecule has 2 aromatic carbocycles. The number of thioether (sulfide) groups is 1. The van der Waals surface area contributed by atoms with E-state index >= 15 is 0 Å². The van der Waals surface area contributed by atoms with Crippen LogP contribution in [0.1, 0.15) is 5.56 Å². The van der Waals surface area contributed by atoms with Crippen LogP contribution in [0, 0.1) is 6.92 Å². The standard InChI is InChI=1S/C21H19N5O2S/c1-14-7-9-15(10-8-14)16-11-12-19-23-24-21(26(19)25-16)29-13-20(27)22-17-5-3-4-6-18(17)28-2/h3-12H,13H2,1-2H3,(H,22,27). The fraction of sp³-hybridized carbons (Fsp3) is 0.143. The molecule has 0 saturated heterocycles. The third-order valence-electron chi connectivity index (χ3n) is 4.29. The summed E-state index contributed by atoms with van der Waals surface area (Å²) in [4.78, 5) is 12.4. The summed E-state index contributed by atoms with van der Waals surface area (Å²) in [7, 11) is 1.57. The van der Waals surface area contributed by atoms with Crippen molar-refractivity contribution >= 4 is 29.0 Å². The number of amides is 1. The van der Waals surface area contributed by atoms with Crippen LogP contribution in [0.4, 0.5) is 5.69 Å². The fourth-order valence-electron chi connectivity index (χ4n) is 2.80. The molecule has 4 rings (SSSR count). The van der Waals surface area contributed by atoms with Gasteiger partial charge < -0.3 is 10.1 Å². The number of nitrogens with zero attached hydrogens (tertiary/aromatic N) is 4. The van der Waals surface area contributed by atoms with Gasteiger partial charge in [-0.2, -0.15) is 9.61 Å². The fourth-order valence-corrected chi connectivity index (χ4v) is 3.49. The van der Waals surface area contributed by atoms with Gasteiger partial charge in [0.1, 0.15) is 5.75 Å². The highest BCUT2D eigenvalue weighted by Gasteiger charge is 2.13. The zero-order valence-electron chi connectivity index (χ0n) is 16.0. The number of fused-ring (bicyclic) bond motifs is 1. The van der Waals surface area contributed by atoms with Crippen LogP contribution in [-0.2, 0) is 4.79 Å². The van der Waals surface area contributed by atoms with E-state index in [4.69, 9.17) is 4.74 Å². The first kappa shape index (κ1) is 18.9. The Bertz CT molecular complexity index is 1160. The summed E-state index contributed by atoms with van der Waals surface area (Å²) in [5, 5.41) is 16.4. The Morgan fingerprint density at radius 2 is 1.86 bits per heavy atom. The van der Waals surface area contributed by atoms with Crippen LogP contribution in [0.2, 0.25) is 0 Å². The quantitative estimate of drug-likeness (QED) is 0.491. The normalized spacial score (nSPS) is 10.8. The lowest BCUT2D eigenvalue weighted by molar-refractivity contribution is -0.113. The topological polar surface area (TPSA) is 81.4 Å². The second kappa shape index (κ2) is 8.32. The Morgan fingerprint density at radius 3 is 2.66 bits per heavy atom. The molecule has 0 aliphatic carbocycles. The highest BCUT2D eigenvalue weighted by atomic mass is 32.2. The molecule has 0 spiro atoms. The van der Waals surface area contributed by atoms with Crippen LogP contribution in [0.3, 0.4) is 0 Å². The maximum Gasteiger partial charge on any atom is 0.234 e. The van der Waals surface area contributed by atoms with Crippen molar-refractivity contribution in [1.29, 1.82) is 0 Å². The van der Waals surface area contributed by atoms with Crippen molar-refractivity contribution in [3.63, 3.8) is 0 Å². The average Bonchev–Trinajstić information content (AvgIpc) is 3.15. The van der Waals surface area contributed by atoms with Gasteiger partial charge in [0.25, 0.3) is 0 Å². The number of ether oxygens (including phenoxy) is 1. The minimum Gasteiger partial charge on any atom is -0.495 e. The number of nitrogens with one attached hydrogen (secondary N) is 1. The van der Waals surface area contributed by atoms with Crippen LogP contribution in [0.25, 0.3) is 16.9 Å². The highest BCUT2D eigenvalue weighted by Crippen LogP contribution is 2.24. The second-order valence-electron chi connectivity index (χ2n) is 6.37. The molecule has 2 heterocycles. The third-order valence-corrected chi connectivity index (χ3v) is 5.21. The highest BCUT2D eigenvalue weighted by molar-refractivity contribution is 7.99. The summed E-state index contributed by atoms with van der Waals surface area (Å²) in [6, 6.07) is 19.2. The molecule has 0 saturated carbocycles. The predicted molar refractivity (Wildman–Crippen MR) is 113 cm³/mol. The molecule has 7 nitrogen and oxygen atoms in total. The molecule has 0 aliphatic heterocycles. The zero-order valence-corrected chi connectivity index (χ0v) is 16.8. The van der Waals surface area contributed by atoms with Gasteiger partial charge in [-0.05, 0) is 31.2 Å². The number of carbonyl (C=O) groups excluding carboxylic acids is 1. The number of aromatic nitrogens is 4. The van der Waals surface area contributed by atoms with Gasteiger partial charge in [-0.3, -0.25) is 4.79 Å². The molecule has 0 unspecified atom stereocenters. The molecule has 1 N–H and O–H groups in total. The van der Waals surface area contributed by atoms with Gasteiger partial charge in [0.15, 0.2) is 5.65 Å². The van der Waals surface area contributed by atoms with Crippen molar-refractivity contribution in [1.82, 2.24) is 19.8 Å². The average molecular weight is 405 g/mol. The first-order valence-electron chi connectivity index (χ1n) is 8.99. The lowest BCUT2D eigenvalue weighted by atomic mass is 10.1. The molecule has 0 fully saturated rings. The molecule has 146 valence electrons. The van der Waals surface area contributed by atoms with E-state index in [1.54, 1.807) is 23.8 Å². The molecular formula is C21H19N5O2S. The number of hydrogen-bond acceptors (Lipinski definition) is 6. The number of carbonyl (C=O) groups is 1. The van der Waals surface area contributed by atoms with Gasteiger partial charge in [-0.15, -0.1) is 10.2 Å². The molecular weight excluding hydrogens is 386 g/mol. The summed E-state index contributed by atoms with van der Waals surface area (Å²) in [6.07, 6.45) is 0. The van der Waals surface area contributed by atoms with Crippen molar-refractivity contribution in [2.45, 2.75) is 12.1 Å². The van der Waals surface area contributed by atoms with Crippen LogP contribution in [0.5, 0.6) is 5.75 Å². The van der Waals surface area contributed by atoms with Gasteiger partial charge in [0.2, 0.25) is 11.1 Å². The number of anilines is 1. The Kier molecular flexibility index (Phi) is 5.44. The first-order valence-corrected chi connectivity index (χ1v) is 9.98. The lowest BCUT2D eigenvalue weighted by Gasteiger charge is -2.09. The molecule has 0 atom stereocenters. The van der Waals surface area contributed by atoms with E-state index in [1.807, 2.05) is 55.5 Å². The van der Waals surface area contributed by atoms with Gasteiger partial charge in [0, 0.05) is 5.56 Å². The van der Waals surface area contributed by atoms with E-state index in [0.29, 0.717) is 22.2 Å². The SMILES string of the molecule is COc1ccccc1NC(=O)CSc1nnc2ccc(-c3ccc(C)cc3)nn12. The van der Waals surface area contributed by atoms with Gasteiger partial charge in [0.05, 0.1) is 24.2 Å². The van der Waals surface area contributed by atoms with Crippen molar-refractivity contribution < 1.29 is 9.53 Å². The van der Waals surface area contributed by atoms with E-state index in [2.05, 4.69) is 20.6 Å². The Morgan fingerprint density at radius 1 is 1.07 bits per heavy atom. The number of benzene rings is 2. The number of hydrogen-bond donors (Lipinski definition) is 1. The molecule has 8 heteroatoms. The third kappa shape index (κ3) is 4.22. The summed E-state index contributed by atoms with van der Waals surface area (Å²) in [5.74, 6) is 0.629. The van der Waals surface area contributed by atoms with E-state index in [1.165, 1.54) is 17.3 Å². The number of methoxy groups -OCH3 is 1. The number of rotatable bonds is 6. The molecule has 29 heavy (non-hydrogen) atoms. The maximum atomic E-state index is 12.4. The molecule has 0 aliphatic rings. The van der Waals surface area contributed by atoms with E-state index in [9.17, 15) is 4.79 Å². The van der Waals surface area contributed by atoms with Gasteiger partial charge in [-0.25, -0.2) is 0 Å². The molecule has 2 aromatic heterocycles. The van der Waals surface area contributed by atoms with Crippen molar-refractivity contribution in [3.8, 4) is 17.0 Å². The van der Waals surface area contributed by atoms with Crippen molar-refractivity contribution in [3.05, 3.63) is 66.2 Å². The van der Waals surface area contributed by atoms with Crippen LogP contribution < -0.4 is 10.1 Å². The Labute approximate surface area is 172 Å². The van der Waals surface area contributed by atoms with E-state index in [-0.39, 0.29) is 11.7 Å². The van der Waals surface area contributed by atoms with Gasteiger partial charge in [-0.1, -0.05) is 53.7 Å². The predicted octanol–water partition coefficient (Wildman–Crippen LogP) is 3.84. The van der Waals surface area contributed by atoms with Crippen LogP contribution in [0.15, 0.2) is 65.8 Å². The zero-order chi connectivity index (χ0) is 20.2. The summed E-state index contributed by atoms with van der Waals surface area (Å²) < 4.78 is 6.92. The Balaban J connectivity index is 1.50. The molecule has 4 aromatic rings. The van der Waals surface area contributed by atoms with Crippen LogP contribution >= 0.6 is 11.8 Å². The Hall–Kier alpha value is -3.39. The molecule has 0 bridgehead atoms. The maximum absolute atomic E-state index is 12.4. The second-order valence-corrected chi connectivity index (χ2v) is 7.32. The number of para-hydroxylation sites is 2. The summed E-state index contributed by atoms with van der Waals surface area (Å²) >= 11 is 1.28. The van der Waals surface area contributed by atoms with Crippen molar-refractivity contribution in [2.75, 3.05) is 18.2 Å². The monoisotopic (exact) mass is 405 g/mol. The largest absolute Gasteiger partial charge is 0.495 e. The first-order chi connectivity index (χ1) is 14.1. The van der Waals surface area contributed by atoms with E-state index < -0.39 is 0 Å².